The number of hydrogen-bond acceptors (Lipinski definition) is 4. The molecule has 0 saturated heterocycles. The fraction of sp³-hybridized carbons (Fsp3) is 0.375. The van der Waals surface area contributed by atoms with E-state index >= 15 is 0 Å². The van der Waals surface area contributed by atoms with Crippen LogP contribution in [0.15, 0.2) is 35.1 Å². The second kappa shape index (κ2) is 7.04. The summed E-state index contributed by atoms with van der Waals surface area (Å²) in [6.07, 6.45) is 1.02. The normalized spacial score (nSPS) is 12.1. The van der Waals surface area contributed by atoms with Crippen LogP contribution >= 0.6 is 0 Å². The van der Waals surface area contributed by atoms with Crippen LogP contribution < -0.4 is 15.6 Å². The molecule has 1 aromatic carbocycles. The Bertz CT molecular complexity index is 652. The summed E-state index contributed by atoms with van der Waals surface area (Å²) in [5.74, 6) is 0.734. The molecule has 0 radical (unpaired) electrons. The quantitative estimate of drug-likeness (QED) is 0.855. The minimum Gasteiger partial charge on any atom is -0.496 e. The number of rotatable bonds is 6. The molecule has 21 heavy (non-hydrogen) atoms. The smallest absolute Gasteiger partial charge is 0.268 e. The van der Waals surface area contributed by atoms with Gasteiger partial charge in [0, 0.05) is 23.7 Å². The zero-order valence-corrected chi connectivity index (χ0v) is 12.6. The molecular weight excluding hydrogens is 266 g/mol. The van der Waals surface area contributed by atoms with Gasteiger partial charge in [0.15, 0.2) is 0 Å². The number of ether oxygens (including phenoxy) is 1. The summed E-state index contributed by atoms with van der Waals surface area (Å²) in [6, 6.07) is 9.80. The maximum absolute atomic E-state index is 11.9. The molecule has 112 valence electrons. The number of hydrogen-bond donors (Lipinski definition) is 2. The molecule has 0 aliphatic heterocycles. The highest BCUT2D eigenvalue weighted by atomic mass is 16.5. The number of benzene rings is 1. The number of nitrogens with one attached hydrogen (secondary N) is 2. The molecule has 2 N–H and O–H groups in total. The largest absolute Gasteiger partial charge is 0.496 e. The molecule has 0 aliphatic rings. The first-order chi connectivity index (χ1) is 10.2. The highest BCUT2D eigenvalue weighted by Crippen LogP contribution is 2.27. The number of nitrogens with zero attached hydrogens (tertiary/aromatic N) is 1. The van der Waals surface area contributed by atoms with Crippen LogP contribution in [0.25, 0.3) is 11.3 Å². The molecule has 0 spiro atoms. The second-order valence-electron chi connectivity index (χ2n) is 5.00. The van der Waals surface area contributed by atoms with Gasteiger partial charge in [-0.3, -0.25) is 4.79 Å². The molecule has 2 aromatic rings. The lowest BCUT2D eigenvalue weighted by atomic mass is 10.1. The molecular formula is C16H21N3O2. The van der Waals surface area contributed by atoms with Crippen LogP contribution in [0.1, 0.15) is 25.8 Å². The summed E-state index contributed by atoms with van der Waals surface area (Å²) >= 11 is 0. The zero-order chi connectivity index (χ0) is 15.2. The maximum atomic E-state index is 11.9. The lowest BCUT2D eigenvalue weighted by molar-refractivity contribution is 0.416. The van der Waals surface area contributed by atoms with E-state index in [1.807, 2.05) is 30.3 Å². The third kappa shape index (κ3) is 3.70. The van der Waals surface area contributed by atoms with Crippen molar-refractivity contribution in [2.75, 3.05) is 7.11 Å². The SMILES string of the molecule is CCC(C)NCc1cc(-c2ccccc2OC)n[nH]c1=O. The first-order valence-electron chi connectivity index (χ1n) is 7.11. The van der Waals surface area contributed by atoms with Gasteiger partial charge in [-0.2, -0.15) is 5.10 Å². The van der Waals surface area contributed by atoms with Gasteiger partial charge in [-0.05, 0) is 31.5 Å². The highest BCUT2D eigenvalue weighted by Gasteiger charge is 2.10. The fourth-order valence-corrected chi connectivity index (χ4v) is 2.00. The Morgan fingerprint density at radius 1 is 1.38 bits per heavy atom. The Hall–Kier alpha value is -2.14. The van der Waals surface area contributed by atoms with E-state index in [4.69, 9.17) is 4.74 Å². The summed E-state index contributed by atoms with van der Waals surface area (Å²) < 4.78 is 5.34. The Labute approximate surface area is 124 Å². The molecule has 0 saturated carbocycles. The van der Waals surface area contributed by atoms with Crippen molar-refractivity contribution in [1.82, 2.24) is 15.5 Å². The van der Waals surface area contributed by atoms with Crippen molar-refractivity contribution in [3.05, 3.63) is 46.2 Å². The van der Waals surface area contributed by atoms with E-state index in [2.05, 4.69) is 29.4 Å². The van der Waals surface area contributed by atoms with E-state index in [1.54, 1.807) is 7.11 Å². The van der Waals surface area contributed by atoms with Crippen molar-refractivity contribution < 1.29 is 4.74 Å². The predicted molar refractivity (Wildman–Crippen MR) is 83.4 cm³/mol. The topological polar surface area (TPSA) is 67.0 Å². The zero-order valence-electron chi connectivity index (χ0n) is 12.6. The summed E-state index contributed by atoms with van der Waals surface area (Å²) in [5, 5.41) is 10.00. The summed E-state index contributed by atoms with van der Waals surface area (Å²) in [6.45, 7) is 4.72. The van der Waals surface area contributed by atoms with E-state index in [0.29, 0.717) is 23.8 Å². The van der Waals surface area contributed by atoms with Gasteiger partial charge in [-0.1, -0.05) is 19.1 Å². The van der Waals surface area contributed by atoms with Crippen molar-refractivity contribution in [2.45, 2.75) is 32.9 Å². The molecule has 0 bridgehead atoms. The predicted octanol–water partition coefficient (Wildman–Crippen LogP) is 2.33. The van der Waals surface area contributed by atoms with Crippen LogP contribution in [0.5, 0.6) is 5.75 Å². The number of methoxy groups -OCH3 is 1. The summed E-state index contributed by atoms with van der Waals surface area (Å²) in [7, 11) is 1.62. The van der Waals surface area contributed by atoms with E-state index < -0.39 is 0 Å². The number of aromatic amines is 1. The Morgan fingerprint density at radius 2 is 2.14 bits per heavy atom. The Balaban J connectivity index is 2.32. The molecule has 1 atom stereocenters. The highest BCUT2D eigenvalue weighted by molar-refractivity contribution is 5.66. The third-order valence-electron chi connectivity index (χ3n) is 3.52. The van der Waals surface area contributed by atoms with Crippen LogP contribution in [0.4, 0.5) is 0 Å². The standard InChI is InChI=1S/C16H21N3O2/c1-4-11(2)17-10-12-9-14(18-19-16(12)20)13-7-5-6-8-15(13)21-3/h5-9,11,17H,4,10H2,1-3H3,(H,19,20). The molecule has 5 nitrogen and oxygen atoms in total. The van der Waals surface area contributed by atoms with Crippen LogP contribution in [0.3, 0.4) is 0 Å². The molecule has 0 fully saturated rings. The number of H-pyrrole nitrogens is 1. The van der Waals surface area contributed by atoms with Crippen LogP contribution in [-0.2, 0) is 6.54 Å². The molecule has 2 rings (SSSR count). The van der Waals surface area contributed by atoms with Gasteiger partial charge in [0.25, 0.3) is 5.56 Å². The van der Waals surface area contributed by atoms with Gasteiger partial charge in [0.1, 0.15) is 5.75 Å². The molecule has 0 amide bonds. The maximum Gasteiger partial charge on any atom is 0.268 e. The van der Waals surface area contributed by atoms with Crippen molar-refractivity contribution in [3.63, 3.8) is 0 Å². The van der Waals surface area contributed by atoms with Crippen LogP contribution in [0.2, 0.25) is 0 Å². The van der Waals surface area contributed by atoms with Crippen LogP contribution in [0, 0.1) is 0 Å². The first-order valence-corrected chi connectivity index (χ1v) is 7.11. The molecule has 1 unspecified atom stereocenters. The van der Waals surface area contributed by atoms with Crippen molar-refractivity contribution in [2.24, 2.45) is 0 Å². The van der Waals surface area contributed by atoms with E-state index in [9.17, 15) is 4.79 Å². The van der Waals surface area contributed by atoms with Gasteiger partial charge >= 0.3 is 0 Å². The average molecular weight is 287 g/mol. The van der Waals surface area contributed by atoms with Gasteiger partial charge in [-0.15, -0.1) is 0 Å². The van der Waals surface area contributed by atoms with Crippen molar-refractivity contribution in [1.29, 1.82) is 0 Å². The monoisotopic (exact) mass is 287 g/mol. The van der Waals surface area contributed by atoms with Gasteiger partial charge < -0.3 is 10.1 Å². The Kier molecular flexibility index (Phi) is 5.11. The third-order valence-corrected chi connectivity index (χ3v) is 3.52. The minimum absolute atomic E-state index is 0.163. The lowest BCUT2D eigenvalue weighted by Gasteiger charge is -2.12. The molecule has 5 heteroatoms. The molecule has 0 aliphatic carbocycles. The second-order valence-corrected chi connectivity index (χ2v) is 5.00. The summed E-state index contributed by atoms with van der Waals surface area (Å²) in [4.78, 5) is 11.9. The average Bonchev–Trinajstić information content (AvgIpc) is 2.53. The summed E-state index contributed by atoms with van der Waals surface area (Å²) in [5.41, 5.74) is 2.07. The first kappa shape index (κ1) is 15.3. The number of para-hydroxylation sites is 1. The van der Waals surface area contributed by atoms with Gasteiger partial charge in [-0.25, -0.2) is 5.10 Å². The minimum atomic E-state index is -0.163. The van der Waals surface area contributed by atoms with E-state index in [0.717, 1.165) is 17.7 Å². The Morgan fingerprint density at radius 3 is 2.86 bits per heavy atom. The number of aromatic nitrogens is 2. The van der Waals surface area contributed by atoms with Crippen molar-refractivity contribution in [3.8, 4) is 17.0 Å². The van der Waals surface area contributed by atoms with Crippen molar-refractivity contribution >= 4 is 0 Å². The van der Waals surface area contributed by atoms with E-state index in [-0.39, 0.29) is 5.56 Å². The lowest BCUT2D eigenvalue weighted by Crippen LogP contribution is -2.28. The van der Waals surface area contributed by atoms with Crippen LogP contribution in [-0.4, -0.2) is 23.3 Å². The molecule has 1 aromatic heterocycles. The fourth-order valence-electron chi connectivity index (χ4n) is 2.00. The van der Waals surface area contributed by atoms with E-state index in [1.165, 1.54) is 0 Å². The molecule has 1 heterocycles. The van der Waals surface area contributed by atoms with Gasteiger partial charge in [0.05, 0.1) is 12.8 Å². The van der Waals surface area contributed by atoms with Gasteiger partial charge in [0.2, 0.25) is 0 Å².